The third kappa shape index (κ3) is 2.65. The molecule has 9 heteroatoms. The van der Waals surface area contributed by atoms with Crippen LogP contribution in [0.3, 0.4) is 0 Å². The standard InChI is InChI=1S/C12H18N4O3S2/c1-7-11(20-12(13)14-7)21(18,19)16-5-4-9-8(6-16)2-3-10(17)15-9/h8-9H,2-6H2,1H3,(H2,13,14)(H,15,17). The van der Waals surface area contributed by atoms with Crippen LogP contribution in [0.4, 0.5) is 5.13 Å². The predicted molar refractivity (Wildman–Crippen MR) is 79.3 cm³/mol. The van der Waals surface area contributed by atoms with Gasteiger partial charge in [0.1, 0.15) is 0 Å². The van der Waals surface area contributed by atoms with E-state index in [-0.39, 0.29) is 27.2 Å². The molecule has 1 aromatic rings. The van der Waals surface area contributed by atoms with Crippen molar-refractivity contribution in [2.24, 2.45) is 5.92 Å². The Morgan fingerprint density at radius 3 is 2.86 bits per heavy atom. The first-order valence-electron chi connectivity index (χ1n) is 6.90. The minimum absolute atomic E-state index is 0.0682. The van der Waals surface area contributed by atoms with Crippen molar-refractivity contribution >= 4 is 32.4 Å². The molecule has 0 aliphatic carbocycles. The molecule has 2 aliphatic heterocycles. The molecule has 1 amide bonds. The lowest BCUT2D eigenvalue weighted by Crippen LogP contribution is -2.54. The lowest BCUT2D eigenvalue weighted by Gasteiger charge is -2.40. The van der Waals surface area contributed by atoms with Crippen LogP contribution in [0.5, 0.6) is 0 Å². The maximum atomic E-state index is 12.7. The molecular formula is C12H18N4O3S2. The van der Waals surface area contributed by atoms with E-state index in [1.165, 1.54) is 4.31 Å². The molecule has 2 fully saturated rings. The summed E-state index contributed by atoms with van der Waals surface area (Å²) in [5.74, 6) is 0.260. The quantitative estimate of drug-likeness (QED) is 0.812. The number of rotatable bonds is 2. The summed E-state index contributed by atoms with van der Waals surface area (Å²) in [6.07, 6.45) is 1.87. The monoisotopic (exact) mass is 330 g/mol. The number of nitrogen functional groups attached to an aromatic ring is 1. The third-order valence-electron chi connectivity index (χ3n) is 4.13. The number of anilines is 1. The van der Waals surface area contributed by atoms with E-state index in [0.717, 1.165) is 17.8 Å². The number of carbonyl (C=O) groups is 1. The highest BCUT2D eigenvalue weighted by atomic mass is 32.2. The highest BCUT2D eigenvalue weighted by Gasteiger charge is 2.39. The van der Waals surface area contributed by atoms with Crippen LogP contribution in [0.25, 0.3) is 0 Å². The van der Waals surface area contributed by atoms with Gasteiger partial charge in [0.05, 0.1) is 5.69 Å². The summed E-state index contributed by atoms with van der Waals surface area (Å²) in [5.41, 5.74) is 6.06. The Morgan fingerprint density at radius 2 is 2.19 bits per heavy atom. The van der Waals surface area contributed by atoms with Crippen molar-refractivity contribution in [1.29, 1.82) is 0 Å². The summed E-state index contributed by atoms with van der Waals surface area (Å²) >= 11 is 1.01. The number of fused-ring (bicyclic) bond motifs is 1. The summed E-state index contributed by atoms with van der Waals surface area (Å²) in [6.45, 7) is 2.53. The van der Waals surface area contributed by atoms with Gasteiger partial charge in [-0.2, -0.15) is 4.31 Å². The zero-order chi connectivity index (χ0) is 15.2. The minimum Gasteiger partial charge on any atom is -0.375 e. The molecule has 0 spiro atoms. The number of piperidine rings is 2. The molecule has 2 unspecified atom stereocenters. The fraction of sp³-hybridized carbons (Fsp3) is 0.667. The number of nitrogens with one attached hydrogen (secondary N) is 1. The first kappa shape index (κ1) is 14.7. The summed E-state index contributed by atoms with van der Waals surface area (Å²) in [4.78, 5) is 15.4. The fourth-order valence-corrected chi connectivity index (χ4v) is 6.00. The molecule has 2 aliphatic rings. The van der Waals surface area contributed by atoms with Crippen LogP contribution in [0, 0.1) is 12.8 Å². The van der Waals surface area contributed by atoms with Gasteiger partial charge in [-0.05, 0) is 25.7 Å². The number of aromatic nitrogens is 1. The van der Waals surface area contributed by atoms with Crippen LogP contribution in [0.15, 0.2) is 4.21 Å². The second-order valence-electron chi connectivity index (χ2n) is 5.55. The zero-order valence-electron chi connectivity index (χ0n) is 11.7. The van der Waals surface area contributed by atoms with Gasteiger partial charge >= 0.3 is 0 Å². The molecule has 3 rings (SSSR count). The van der Waals surface area contributed by atoms with E-state index >= 15 is 0 Å². The summed E-state index contributed by atoms with van der Waals surface area (Å²) in [6, 6.07) is 0.102. The van der Waals surface area contributed by atoms with Crippen molar-refractivity contribution in [3.05, 3.63) is 5.69 Å². The van der Waals surface area contributed by atoms with Gasteiger partial charge in [0, 0.05) is 25.6 Å². The SMILES string of the molecule is Cc1nc(N)sc1S(=O)(=O)N1CCC2NC(=O)CCC2C1. The average Bonchev–Trinajstić information content (AvgIpc) is 2.77. The van der Waals surface area contributed by atoms with Crippen LogP contribution in [-0.4, -0.2) is 42.7 Å². The van der Waals surface area contributed by atoms with Gasteiger partial charge in [-0.15, -0.1) is 0 Å². The number of amides is 1. The van der Waals surface area contributed by atoms with Gasteiger partial charge in [0.15, 0.2) is 9.34 Å². The van der Waals surface area contributed by atoms with Gasteiger partial charge in [0.25, 0.3) is 10.0 Å². The van der Waals surface area contributed by atoms with Gasteiger partial charge in [-0.1, -0.05) is 11.3 Å². The van der Waals surface area contributed by atoms with Crippen molar-refractivity contribution in [2.45, 2.75) is 36.4 Å². The third-order valence-corrected chi connectivity index (χ3v) is 7.57. The molecule has 0 saturated carbocycles. The lowest BCUT2D eigenvalue weighted by molar-refractivity contribution is -0.124. The van der Waals surface area contributed by atoms with Gasteiger partial charge in [-0.25, -0.2) is 13.4 Å². The minimum atomic E-state index is -3.54. The Labute approximate surface area is 127 Å². The second-order valence-corrected chi connectivity index (χ2v) is 8.71. The number of carbonyl (C=O) groups excluding carboxylic acids is 1. The average molecular weight is 330 g/mol. The predicted octanol–water partition coefficient (Wildman–Crippen LogP) is 0.323. The van der Waals surface area contributed by atoms with Crippen molar-refractivity contribution in [1.82, 2.24) is 14.6 Å². The molecule has 3 N–H and O–H groups in total. The van der Waals surface area contributed by atoms with Gasteiger partial charge < -0.3 is 11.1 Å². The Hall–Kier alpha value is -1.19. The Balaban J connectivity index is 1.82. The molecule has 2 saturated heterocycles. The highest BCUT2D eigenvalue weighted by Crippen LogP contribution is 2.32. The number of aryl methyl sites for hydroxylation is 1. The van der Waals surface area contributed by atoms with Gasteiger partial charge in [0.2, 0.25) is 5.91 Å². The molecule has 3 heterocycles. The molecule has 116 valence electrons. The molecule has 0 radical (unpaired) electrons. The largest absolute Gasteiger partial charge is 0.375 e. The van der Waals surface area contributed by atoms with Crippen molar-refractivity contribution in [3.63, 3.8) is 0 Å². The summed E-state index contributed by atoms with van der Waals surface area (Å²) < 4.78 is 27.2. The second kappa shape index (κ2) is 5.22. The number of nitrogens with two attached hydrogens (primary N) is 1. The molecule has 2 atom stereocenters. The number of sulfonamides is 1. The van der Waals surface area contributed by atoms with Crippen molar-refractivity contribution in [2.75, 3.05) is 18.8 Å². The van der Waals surface area contributed by atoms with E-state index in [0.29, 0.717) is 31.6 Å². The molecular weight excluding hydrogens is 312 g/mol. The Kier molecular flexibility index (Phi) is 3.66. The normalized spacial score (nSPS) is 27.2. The summed E-state index contributed by atoms with van der Waals surface area (Å²) in [7, 11) is -3.54. The van der Waals surface area contributed by atoms with Crippen LogP contribution >= 0.6 is 11.3 Å². The fourth-order valence-electron chi connectivity index (χ4n) is 3.05. The van der Waals surface area contributed by atoms with Crippen molar-refractivity contribution < 1.29 is 13.2 Å². The van der Waals surface area contributed by atoms with E-state index in [4.69, 9.17) is 5.73 Å². The summed E-state index contributed by atoms with van der Waals surface area (Å²) in [5, 5.41) is 3.22. The highest BCUT2D eigenvalue weighted by molar-refractivity contribution is 7.91. The maximum Gasteiger partial charge on any atom is 0.254 e. The molecule has 1 aromatic heterocycles. The first-order valence-corrected chi connectivity index (χ1v) is 9.16. The zero-order valence-corrected chi connectivity index (χ0v) is 13.3. The van der Waals surface area contributed by atoms with Crippen LogP contribution < -0.4 is 11.1 Å². The maximum absolute atomic E-state index is 12.7. The number of hydrogen-bond acceptors (Lipinski definition) is 6. The van der Waals surface area contributed by atoms with E-state index in [1.807, 2.05) is 0 Å². The number of thiazole rings is 1. The van der Waals surface area contributed by atoms with Gasteiger partial charge in [-0.3, -0.25) is 4.79 Å². The van der Waals surface area contributed by atoms with E-state index in [9.17, 15) is 13.2 Å². The smallest absolute Gasteiger partial charge is 0.254 e. The van der Waals surface area contributed by atoms with Crippen LogP contribution in [0.1, 0.15) is 25.0 Å². The van der Waals surface area contributed by atoms with E-state index in [2.05, 4.69) is 10.3 Å². The lowest BCUT2D eigenvalue weighted by atomic mass is 9.86. The first-order chi connectivity index (χ1) is 9.88. The molecule has 7 nitrogen and oxygen atoms in total. The van der Waals surface area contributed by atoms with E-state index in [1.54, 1.807) is 6.92 Å². The topological polar surface area (TPSA) is 105 Å². The van der Waals surface area contributed by atoms with E-state index < -0.39 is 10.0 Å². The molecule has 21 heavy (non-hydrogen) atoms. The van der Waals surface area contributed by atoms with Crippen LogP contribution in [0.2, 0.25) is 0 Å². The van der Waals surface area contributed by atoms with Crippen LogP contribution in [-0.2, 0) is 14.8 Å². The Bertz CT molecular complexity index is 670. The van der Waals surface area contributed by atoms with Crippen molar-refractivity contribution in [3.8, 4) is 0 Å². The Morgan fingerprint density at radius 1 is 1.43 bits per heavy atom. The number of nitrogens with zero attached hydrogens (tertiary/aromatic N) is 2. The molecule has 0 bridgehead atoms. The number of hydrogen-bond donors (Lipinski definition) is 2. The molecule has 0 aromatic carbocycles.